The molecule has 3 heterocycles. The van der Waals surface area contributed by atoms with Crippen LogP contribution in [0.2, 0.25) is 0 Å². The zero-order valence-electron chi connectivity index (χ0n) is 18.4. The van der Waals surface area contributed by atoms with Crippen molar-refractivity contribution in [1.29, 1.82) is 0 Å². The third kappa shape index (κ3) is 4.72. The highest BCUT2D eigenvalue weighted by molar-refractivity contribution is 6.04. The summed E-state index contributed by atoms with van der Waals surface area (Å²) in [5.41, 5.74) is 2.10. The minimum atomic E-state index is -0.506. The Bertz CT molecular complexity index is 1010. The number of rotatable bonds is 6. The molecule has 4 atom stereocenters. The van der Waals surface area contributed by atoms with Gasteiger partial charge >= 0.3 is 0 Å². The lowest BCUT2D eigenvalue weighted by atomic mass is 9.84. The van der Waals surface area contributed by atoms with Crippen molar-refractivity contribution in [3.63, 3.8) is 0 Å². The van der Waals surface area contributed by atoms with E-state index in [0.29, 0.717) is 17.7 Å². The fourth-order valence-electron chi connectivity index (χ4n) is 5.23. The first-order valence-corrected chi connectivity index (χ1v) is 11.7. The summed E-state index contributed by atoms with van der Waals surface area (Å²) >= 11 is 0. The summed E-state index contributed by atoms with van der Waals surface area (Å²) in [6, 6.07) is 9.25. The summed E-state index contributed by atoms with van der Waals surface area (Å²) in [7, 11) is 0. The van der Waals surface area contributed by atoms with E-state index in [0.717, 1.165) is 37.0 Å². The zero-order chi connectivity index (χ0) is 22.8. The molecule has 1 aromatic carbocycles. The van der Waals surface area contributed by atoms with Gasteiger partial charge < -0.3 is 25.2 Å². The number of carbonyl (C=O) groups excluding carboxylic acids is 2. The fourth-order valence-corrected chi connectivity index (χ4v) is 5.23. The van der Waals surface area contributed by atoms with E-state index in [-0.39, 0.29) is 49.0 Å². The second-order valence-electron chi connectivity index (χ2n) is 9.11. The molecule has 2 aliphatic heterocycles. The van der Waals surface area contributed by atoms with Gasteiger partial charge in [-0.1, -0.05) is 12.8 Å². The molecule has 0 spiro atoms. The molecule has 0 unspecified atom stereocenters. The van der Waals surface area contributed by atoms with Crippen molar-refractivity contribution in [3.05, 3.63) is 53.9 Å². The monoisotopic (exact) mass is 451 g/mol. The third-order valence-electron chi connectivity index (χ3n) is 6.81. The fraction of sp³-hybridized carbons (Fsp3) is 0.480. The molecule has 8 nitrogen and oxygen atoms in total. The third-order valence-corrected chi connectivity index (χ3v) is 6.81. The highest BCUT2D eigenvalue weighted by Crippen LogP contribution is 2.47. The number of anilines is 1. The highest BCUT2D eigenvalue weighted by Gasteiger charge is 2.46. The van der Waals surface area contributed by atoms with Crippen LogP contribution in [0.3, 0.4) is 0 Å². The van der Waals surface area contributed by atoms with Crippen molar-refractivity contribution in [2.75, 3.05) is 11.9 Å². The van der Waals surface area contributed by atoms with E-state index >= 15 is 0 Å². The van der Waals surface area contributed by atoms with Crippen LogP contribution in [0.25, 0.3) is 0 Å². The number of hydrogen-bond acceptors (Lipinski definition) is 6. The highest BCUT2D eigenvalue weighted by atomic mass is 16.6. The van der Waals surface area contributed by atoms with Crippen LogP contribution in [0.1, 0.15) is 60.4 Å². The van der Waals surface area contributed by atoms with E-state index in [1.165, 1.54) is 6.20 Å². The van der Waals surface area contributed by atoms with E-state index < -0.39 is 6.10 Å². The number of fused-ring (bicyclic) bond motifs is 3. The van der Waals surface area contributed by atoms with Gasteiger partial charge in [-0.15, -0.1) is 0 Å². The maximum absolute atomic E-state index is 12.6. The molecule has 1 aliphatic carbocycles. The van der Waals surface area contributed by atoms with Crippen molar-refractivity contribution in [2.24, 2.45) is 0 Å². The summed E-state index contributed by atoms with van der Waals surface area (Å²) in [6.07, 6.45) is 7.31. The average Bonchev–Trinajstić information content (AvgIpc) is 3.46. The number of ether oxygens (including phenoxy) is 2. The second kappa shape index (κ2) is 9.49. The minimum absolute atomic E-state index is 0.00124. The molecular weight excluding hydrogens is 422 g/mol. The number of aliphatic hydroxyl groups excluding tert-OH is 1. The molecule has 1 saturated carbocycles. The average molecular weight is 452 g/mol. The SMILES string of the molecule is O=C(C[C@H]1C[C@H]2c3cc(NC(=O)c4cccnc4)ccc3O[C@H]2[C@@H](CO)O1)NC1CCCC1. The number of aliphatic hydroxyl groups is 1. The summed E-state index contributed by atoms with van der Waals surface area (Å²) in [5.74, 6) is 0.465. The Morgan fingerprint density at radius 3 is 2.79 bits per heavy atom. The van der Waals surface area contributed by atoms with Crippen LogP contribution in [0.5, 0.6) is 5.75 Å². The lowest BCUT2D eigenvalue weighted by Gasteiger charge is -2.37. The van der Waals surface area contributed by atoms with Gasteiger partial charge in [0.15, 0.2) is 0 Å². The minimum Gasteiger partial charge on any atom is -0.487 e. The smallest absolute Gasteiger partial charge is 0.257 e. The van der Waals surface area contributed by atoms with E-state index in [1.54, 1.807) is 24.4 Å². The van der Waals surface area contributed by atoms with Crippen LogP contribution in [-0.4, -0.2) is 52.9 Å². The largest absolute Gasteiger partial charge is 0.487 e. The summed E-state index contributed by atoms with van der Waals surface area (Å²) in [6.45, 7) is -0.180. The summed E-state index contributed by atoms with van der Waals surface area (Å²) in [4.78, 5) is 29.1. The first-order valence-electron chi connectivity index (χ1n) is 11.7. The van der Waals surface area contributed by atoms with Gasteiger partial charge in [0, 0.05) is 35.6 Å². The standard InChI is InChI=1S/C25H29N3O5/c29-14-22-24-20(11-18(32-22)12-23(30)27-16-5-1-2-6-16)19-10-17(7-8-21(19)33-24)28-25(31)15-4-3-9-26-13-15/h3-4,7-10,13,16,18,20,22,24,29H,1-2,5-6,11-12,14H2,(H,27,30)(H,28,31)/t18-,20+,22-,24-/m1/s1. The maximum Gasteiger partial charge on any atom is 0.257 e. The van der Waals surface area contributed by atoms with E-state index in [9.17, 15) is 14.7 Å². The first kappa shape index (κ1) is 21.9. The second-order valence-corrected chi connectivity index (χ2v) is 9.11. The van der Waals surface area contributed by atoms with Crippen molar-refractivity contribution in [3.8, 4) is 5.75 Å². The van der Waals surface area contributed by atoms with Crippen LogP contribution in [0, 0.1) is 0 Å². The predicted octanol–water partition coefficient (Wildman–Crippen LogP) is 2.78. The lowest BCUT2D eigenvalue weighted by Crippen LogP contribution is -2.47. The van der Waals surface area contributed by atoms with Crippen molar-refractivity contribution in [2.45, 2.75) is 68.8 Å². The van der Waals surface area contributed by atoms with Gasteiger partial charge in [0.1, 0.15) is 18.0 Å². The van der Waals surface area contributed by atoms with Crippen LogP contribution in [-0.2, 0) is 9.53 Å². The normalized spacial score (nSPS) is 26.2. The molecule has 5 rings (SSSR count). The first-order chi connectivity index (χ1) is 16.1. The Hall–Kier alpha value is -2.97. The number of aromatic nitrogens is 1. The van der Waals surface area contributed by atoms with E-state index in [4.69, 9.17) is 9.47 Å². The number of pyridine rings is 1. The van der Waals surface area contributed by atoms with E-state index in [1.807, 2.05) is 12.1 Å². The molecule has 3 N–H and O–H groups in total. The molecule has 0 radical (unpaired) electrons. The number of nitrogens with zero attached hydrogens (tertiary/aromatic N) is 1. The van der Waals surface area contributed by atoms with Gasteiger partial charge in [-0.2, -0.15) is 0 Å². The van der Waals surface area contributed by atoms with Gasteiger partial charge in [0.05, 0.1) is 24.7 Å². The molecule has 1 saturated heterocycles. The number of carbonyl (C=O) groups is 2. The maximum atomic E-state index is 12.6. The molecule has 8 heteroatoms. The molecule has 2 fully saturated rings. The molecule has 2 aromatic rings. The summed E-state index contributed by atoms with van der Waals surface area (Å²) in [5, 5.41) is 16.0. The predicted molar refractivity (Wildman–Crippen MR) is 121 cm³/mol. The number of benzene rings is 1. The van der Waals surface area contributed by atoms with Crippen LogP contribution >= 0.6 is 0 Å². The van der Waals surface area contributed by atoms with Gasteiger partial charge in [-0.25, -0.2) is 0 Å². The number of amides is 2. The molecule has 33 heavy (non-hydrogen) atoms. The van der Waals surface area contributed by atoms with Gasteiger partial charge in [-0.05, 0) is 49.6 Å². The lowest BCUT2D eigenvalue weighted by molar-refractivity contribution is -0.142. The van der Waals surface area contributed by atoms with Crippen LogP contribution in [0.15, 0.2) is 42.7 Å². The van der Waals surface area contributed by atoms with Crippen molar-refractivity contribution < 1.29 is 24.2 Å². The molecule has 3 aliphatic rings. The number of nitrogens with one attached hydrogen (secondary N) is 2. The molecule has 0 bridgehead atoms. The van der Waals surface area contributed by atoms with Gasteiger partial charge in [0.2, 0.25) is 5.91 Å². The topological polar surface area (TPSA) is 110 Å². The van der Waals surface area contributed by atoms with E-state index in [2.05, 4.69) is 15.6 Å². The number of hydrogen-bond donors (Lipinski definition) is 3. The van der Waals surface area contributed by atoms with Gasteiger partial charge in [0.25, 0.3) is 5.91 Å². The summed E-state index contributed by atoms with van der Waals surface area (Å²) < 4.78 is 12.2. The van der Waals surface area contributed by atoms with Gasteiger partial charge in [-0.3, -0.25) is 14.6 Å². The Morgan fingerprint density at radius 1 is 1.18 bits per heavy atom. The quantitative estimate of drug-likeness (QED) is 0.623. The zero-order valence-corrected chi connectivity index (χ0v) is 18.4. The Morgan fingerprint density at radius 2 is 2.03 bits per heavy atom. The molecule has 174 valence electrons. The molecule has 1 aromatic heterocycles. The van der Waals surface area contributed by atoms with Crippen LogP contribution in [0.4, 0.5) is 5.69 Å². The Kier molecular flexibility index (Phi) is 6.28. The molecule has 2 amide bonds. The van der Waals surface area contributed by atoms with Crippen LogP contribution < -0.4 is 15.4 Å². The van der Waals surface area contributed by atoms with Crippen molar-refractivity contribution in [1.82, 2.24) is 10.3 Å². The molecular formula is C25H29N3O5. The van der Waals surface area contributed by atoms with Crippen molar-refractivity contribution >= 4 is 17.5 Å². The Balaban J connectivity index is 1.29. The Labute approximate surface area is 192 Å².